The Hall–Kier alpha value is -3.84. The van der Waals surface area contributed by atoms with Crippen molar-refractivity contribution in [1.82, 2.24) is 4.90 Å². The van der Waals surface area contributed by atoms with Gasteiger partial charge in [0.1, 0.15) is 12.7 Å². The third kappa shape index (κ3) is 5.90. The molecule has 1 atom stereocenters. The number of fused-ring (bicyclic) bond motifs is 1. The van der Waals surface area contributed by atoms with E-state index >= 15 is 0 Å². The van der Waals surface area contributed by atoms with Gasteiger partial charge in [0.15, 0.2) is 11.5 Å². The molecule has 0 aliphatic carbocycles. The number of amides is 2. The summed E-state index contributed by atoms with van der Waals surface area (Å²) in [4.78, 5) is 27.5. The Morgan fingerprint density at radius 3 is 2.39 bits per heavy atom. The molecule has 33 heavy (non-hydrogen) atoms. The van der Waals surface area contributed by atoms with Gasteiger partial charge in [0.2, 0.25) is 5.91 Å². The molecule has 2 amide bonds. The lowest BCUT2D eigenvalue weighted by Gasteiger charge is -2.30. The summed E-state index contributed by atoms with van der Waals surface area (Å²) < 4.78 is 11.8. The molecule has 7 heteroatoms. The van der Waals surface area contributed by atoms with Crippen LogP contribution in [0.4, 0.5) is 11.4 Å². The van der Waals surface area contributed by atoms with Crippen molar-refractivity contribution in [1.29, 1.82) is 0 Å². The van der Waals surface area contributed by atoms with E-state index in [0.717, 1.165) is 5.75 Å². The second-order valence-corrected chi connectivity index (χ2v) is 7.74. The predicted molar refractivity (Wildman–Crippen MR) is 128 cm³/mol. The number of carbonyl (C=O) groups excluding carboxylic acids is 2. The van der Waals surface area contributed by atoms with Crippen LogP contribution in [-0.4, -0.2) is 49.1 Å². The highest BCUT2D eigenvalue weighted by atomic mass is 16.6. The maximum absolute atomic E-state index is 12.8. The van der Waals surface area contributed by atoms with Crippen molar-refractivity contribution in [2.24, 2.45) is 0 Å². The maximum atomic E-state index is 12.8. The molecule has 1 heterocycles. The summed E-state index contributed by atoms with van der Waals surface area (Å²) in [5, 5.41) is 5.74. The average Bonchev–Trinajstić information content (AvgIpc) is 2.84. The molecule has 3 aromatic carbocycles. The molecule has 1 aliphatic rings. The molecule has 0 saturated carbocycles. The van der Waals surface area contributed by atoms with Crippen molar-refractivity contribution in [2.45, 2.75) is 13.0 Å². The quantitative estimate of drug-likeness (QED) is 0.547. The number of rotatable bonds is 8. The molecule has 0 spiro atoms. The summed E-state index contributed by atoms with van der Waals surface area (Å²) in [6, 6.07) is 23.7. The summed E-state index contributed by atoms with van der Waals surface area (Å²) in [6.45, 7) is 3.82. The molecule has 2 N–H and O–H groups in total. The highest BCUT2D eigenvalue weighted by Crippen LogP contribution is 2.31. The third-order valence-corrected chi connectivity index (χ3v) is 5.32. The summed E-state index contributed by atoms with van der Waals surface area (Å²) in [5.41, 5.74) is 1.56. The number of anilines is 2. The second-order valence-electron chi connectivity index (χ2n) is 7.74. The van der Waals surface area contributed by atoms with Gasteiger partial charge in [-0.3, -0.25) is 14.5 Å². The Bertz CT molecular complexity index is 1100. The van der Waals surface area contributed by atoms with E-state index in [-0.39, 0.29) is 24.5 Å². The molecular weight excluding hydrogens is 418 g/mol. The number of para-hydroxylation sites is 4. The fraction of sp³-hybridized carbons (Fsp3) is 0.231. The smallest absolute Gasteiger partial charge is 0.257 e. The number of nitrogens with one attached hydrogen (secondary N) is 2. The lowest BCUT2D eigenvalue weighted by molar-refractivity contribution is -0.117. The van der Waals surface area contributed by atoms with Crippen molar-refractivity contribution in [3.8, 4) is 11.5 Å². The Morgan fingerprint density at radius 1 is 0.909 bits per heavy atom. The van der Waals surface area contributed by atoms with E-state index in [9.17, 15) is 9.59 Å². The molecule has 0 fully saturated rings. The zero-order valence-corrected chi connectivity index (χ0v) is 18.5. The van der Waals surface area contributed by atoms with Crippen molar-refractivity contribution in [3.63, 3.8) is 0 Å². The third-order valence-electron chi connectivity index (χ3n) is 5.32. The Labute approximate surface area is 193 Å². The predicted octanol–water partition coefficient (Wildman–Crippen LogP) is 4.04. The fourth-order valence-electron chi connectivity index (χ4n) is 3.65. The highest BCUT2D eigenvalue weighted by molar-refractivity contribution is 6.10. The van der Waals surface area contributed by atoms with E-state index in [4.69, 9.17) is 9.47 Å². The van der Waals surface area contributed by atoms with E-state index in [1.807, 2.05) is 66.4 Å². The summed E-state index contributed by atoms with van der Waals surface area (Å²) in [5.74, 6) is 0.970. The lowest BCUT2D eigenvalue weighted by atomic mass is 10.1. The normalized spacial score (nSPS) is 14.5. The van der Waals surface area contributed by atoms with Gasteiger partial charge < -0.3 is 20.1 Å². The molecule has 0 bridgehead atoms. The van der Waals surface area contributed by atoms with Gasteiger partial charge in [0.25, 0.3) is 5.91 Å². The average molecular weight is 446 g/mol. The molecule has 0 saturated heterocycles. The zero-order chi connectivity index (χ0) is 23.0. The van der Waals surface area contributed by atoms with Crippen molar-refractivity contribution < 1.29 is 19.1 Å². The number of hydrogen-bond donors (Lipinski definition) is 2. The summed E-state index contributed by atoms with van der Waals surface area (Å²) >= 11 is 0. The van der Waals surface area contributed by atoms with Gasteiger partial charge in [-0.05, 0) is 42.9 Å². The van der Waals surface area contributed by atoms with Crippen molar-refractivity contribution in [2.75, 3.05) is 36.9 Å². The van der Waals surface area contributed by atoms with Gasteiger partial charge in [0, 0.05) is 12.2 Å². The monoisotopic (exact) mass is 445 g/mol. The molecule has 7 nitrogen and oxygen atoms in total. The number of ether oxygens (including phenoxy) is 2. The molecule has 0 radical (unpaired) electrons. The first-order valence-electron chi connectivity index (χ1n) is 11.0. The van der Waals surface area contributed by atoms with Gasteiger partial charge in [-0.1, -0.05) is 49.4 Å². The van der Waals surface area contributed by atoms with E-state index in [1.54, 1.807) is 24.3 Å². The molecule has 3 aromatic rings. The van der Waals surface area contributed by atoms with Gasteiger partial charge in [-0.2, -0.15) is 0 Å². The van der Waals surface area contributed by atoms with Crippen LogP contribution in [0.15, 0.2) is 78.9 Å². The summed E-state index contributed by atoms with van der Waals surface area (Å²) in [7, 11) is 0. The van der Waals surface area contributed by atoms with Gasteiger partial charge in [0.05, 0.1) is 17.8 Å². The van der Waals surface area contributed by atoms with Crippen LogP contribution in [0.1, 0.15) is 17.3 Å². The molecule has 0 unspecified atom stereocenters. The minimum absolute atomic E-state index is 0.170. The van der Waals surface area contributed by atoms with Crippen LogP contribution >= 0.6 is 0 Å². The topological polar surface area (TPSA) is 79.9 Å². The van der Waals surface area contributed by atoms with Crippen LogP contribution in [-0.2, 0) is 4.79 Å². The Kier molecular flexibility index (Phi) is 7.22. The number of hydrogen-bond acceptors (Lipinski definition) is 5. The molecule has 4 rings (SSSR count). The minimum atomic E-state index is -0.282. The number of nitrogens with zero attached hydrogens (tertiary/aromatic N) is 1. The second kappa shape index (κ2) is 10.7. The fourth-order valence-corrected chi connectivity index (χ4v) is 3.65. The minimum Gasteiger partial charge on any atom is -0.486 e. The van der Waals surface area contributed by atoms with Crippen LogP contribution < -0.4 is 20.1 Å². The van der Waals surface area contributed by atoms with Crippen LogP contribution in [0, 0.1) is 0 Å². The maximum Gasteiger partial charge on any atom is 0.257 e. The van der Waals surface area contributed by atoms with Crippen molar-refractivity contribution >= 4 is 23.2 Å². The summed E-state index contributed by atoms with van der Waals surface area (Å²) in [6.07, 6.45) is -0.170. The molecular formula is C26H27N3O4. The van der Waals surface area contributed by atoms with Crippen LogP contribution in [0.2, 0.25) is 0 Å². The standard InChI is InChI=1S/C26H27N3O4/c1-2-29(16-20-18-32-23-14-8-9-15-24(23)33-20)17-25(30)28-22-13-7-6-12-21(22)26(31)27-19-10-4-3-5-11-19/h3-15,20H,2,16-18H2,1H3,(H,27,31)(H,28,30)/t20-/m0/s1. The number of likely N-dealkylation sites (N-methyl/N-ethyl adjacent to an activating group) is 1. The zero-order valence-electron chi connectivity index (χ0n) is 18.5. The first kappa shape index (κ1) is 22.4. The van der Waals surface area contributed by atoms with Crippen LogP contribution in [0.5, 0.6) is 11.5 Å². The number of carbonyl (C=O) groups is 2. The highest BCUT2D eigenvalue weighted by Gasteiger charge is 2.24. The Balaban J connectivity index is 1.35. The van der Waals surface area contributed by atoms with Gasteiger partial charge in [-0.15, -0.1) is 0 Å². The van der Waals surface area contributed by atoms with E-state index < -0.39 is 0 Å². The number of benzene rings is 3. The van der Waals surface area contributed by atoms with Crippen LogP contribution in [0.25, 0.3) is 0 Å². The largest absolute Gasteiger partial charge is 0.486 e. The molecule has 170 valence electrons. The SMILES string of the molecule is CCN(CC(=O)Nc1ccccc1C(=O)Nc1ccccc1)C[C@H]1COc2ccccc2O1. The van der Waals surface area contributed by atoms with E-state index in [2.05, 4.69) is 10.6 Å². The first-order valence-corrected chi connectivity index (χ1v) is 11.0. The Morgan fingerprint density at radius 2 is 1.61 bits per heavy atom. The molecule has 0 aromatic heterocycles. The van der Waals surface area contributed by atoms with Gasteiger partial charge in [-0.25, -0.2) is 0 Å². The van der Waals surface area contributed by atoms with Gasteiger partial charge >= 0.3 is 0 Å². The first-order chi connectivity index (χ1) is 16.1. The molecule has 1 aliphatic heterocycles. The van der Waals surface area contributed by atoms with Crippen molar-refractivity contribution in [3.05, 3.63) is 84.4 Å². The van der Waals surface area contributed by atoms with E-state index in [1.165, 1.54) is 0 Å². The lowest BCUT2D eigenvalue weighted by Crippen LogP contribution is -2.43. The van der Waals surface area contributed by atoms with E-state index in [0.29, 0.717) is 42.4 Å². The van der Waals surface area contributed by atoms with Crippen LogP contribution in [0.3, 0.4) is 0 Å².